The highest BCUT2D eigenvalue weighted by atomic mass is 35.5. The Morgan fingerprint density at radius 2 is 1.88 bits per heavy atom. The van der Waals surface area contributed by atoms with Gasteiger partial charge in [-0.05, 0) is 60.9 Å². The van der Waals surface area contributed by atoms with Crippen LogP contribution < -0.4 is 20.1 Å². The molecule has 1 aliphatic carbocycles. The number of nitriles is 1. The van der Waals surface area contributed by atoms with Gasteiger partial charge in [0, 0.05) is 6.42 Å². The molecule has 176 valence electrons. The molecule has 1 atom stereocenters. The average molecular weight is 486 g/mol. The molecule has 2 aromatic rings. The van der Waals surface area contributed by atoms with Crippen molar-refractivity contribution in [3.63, 3.8) is 0 Å². The molecular formula is C24H21ClFN3O5. The van der Waals surface area contributed by atoms with Crippen LogP contribution in [0.2, 0.25) is 5.02 Å². The first-order valence-electron chi connectivity index (χ1n) is 10.6. The summed E-state index contributed by atoms with van der Waals surface area (Å²) in [6.07, 6.45) is 2.52. The van der Waals surface area contributed by atoms with E-state index in [1.807, 2.05) is 6.07 Å². The van der Waals surface area contributed by atoms with E-state index in [0.29, 0.717) is 29.2 Å². The fourth-order valence-electron chi connectivity index (χ4n) is 3.31. The van der Waals surface area contributed by atoms with Gasteiger partial charge in [0.15, 0.2) is 6.23 Å². The van der Waals surface area contributed by atoms with Crippen LogP contribution in [0.5, 0.6) is 11.5 Å². The Balaban J connectivity index is 1.62. The van der Waals surface area contributed by atoms with Crippen LogP contribution in [0.15, 0.2) is 48.6 Å². The van der Waals surface area contributed by atoms with Gasteiger partial charge in [-0.2, -0.15) is 5.26 Å². The Morgan fingerprint density at radius 3 is 2.56 bits per heavy atom. The van der Waals surface area contributed by atoms with Crippen LogP contribution in [0.4, 0.5) is 9.18 Å². The summed E-state index contributed by atoms with van der Waals surface area (Å²) in [4.78, 5) is 25.5. The topological polar surface area (TPSA) is 110 Å². The lowest BCUT2D eigenvalue weighted by atomic mass is 10.1. The van der Waals surface area contributed by atoms with Gasteiger partial charge in [-0.25, -0.2) is 9.18 Å². The number of ether oxygens (including phenoxy) is 3. The molecule has 2 amide bonds. The molecule has 8 nitrogen and oxygen atoms in total. The Bertz CT molecular complexity index is 1180. The molecule has 0 unspecified atom stereocenters. The zero-order valence-electron chi connectivity index (χ0n) is 18.0. The molecule has 0 radical (unpaired) electrons. The third-order valence-electron chi connectivity index (χ3n) is 5.29. The van der Waals surface area contributed by atoms with Crippen molar-refractivity contribution in [3.05, 3.63) is 70.5 Å². The summed E-state index contributed by atoms with van der Waals surface area (Å²) >= 11 is 6.32. The van der Waals surface area contributed by atoms with Crippen molar-refractivity contribution in [1.82, 2.24) is 10.6 Å². The van der Waals surface area contributed by atoms with Gasteiger partial charge in [0.1, 0.15) is 36.1 Å². The highest BCUT2D eigenvalue weighted by Crippen LogP contribution is 2.34. The number of amides is 2. The molecular weight excluding hydrogens is 465 g/mol. The minimum absolute atomic E-state index is 0.0596. The molecule has 1 saturated carbocycles. The van der Waals surface area contributed by atoms with E-state index in [4.69, 9.17) is 25.8 Å². The SMILES string of the molecule is N#CC1(NC(=O)O[C@H]2Cc3ccc(c(Cl)c3)OC/C=C/COc3ccc(F)cc3C(=O)N2)CC1. The van der Waals surface area contributed by atoms with Gasteiger partial charge >= 0.3 is 6.09 Å². The molecule has 0 spiro atoms. The number of benzene rings is 2. The second kappa shape index (κ2) is 10.0. The fraction of sp³-hybridized carbons (Fsp3) is 0.292. The average Bonchev–Trinajstić information content (AvgIpc) is 3.57. The van der Waals surface area contributed by atoms with Gasteiger partial charge in [-0.15, -0.1) is 0 Å². The Hall–Kier alpha value is -3.77. The maximum Gasteiger partial charge on any atom is 0.410 e. The van der Waals surface area contributed by atoms with Gasteiger partial charge in [0.25, 0.3) is 5.91 Å². The third kappa shape index (κ3) is 5.77. The largest absolute Gasteiger partial charge is 0.489 e. The Morgan fingerprint density at radius 1 is 1.18 bits per heavy atom. The first-order chi connectivity index (χ1) is 16.4. The Kier molecular flexibility index (Phi) is 6.89. The van der Waals surface area contributed by atoms with Crippen LogP contribution in [0.3, 0.4) is 0 Å². The molecule has 1 fully saturated rings. The number of fused-ring (bicyclic) bond motifs is 9. The standard InChI is InChI=1S/C24H21ClFN3O5/c25-18-11-15-3-5-20(18)33-10-2-1-9-32-19-6-4-16(26)13-17(19)22(30)28-21(12-15)34-23(31)29-24(14-27)7-8-24/h1-6,11,13,21H,7-10,12H2,(H,28,30)(H,29,31)/b2-1+/t21-/m0/s1. The third-order valence-corrected chi connectivity index (χ3v) is 5.58. The maximum atomic E-state index is 13.9. The number of rotatable bonds is 2. The first-order valence-corrected chi connectivity index (χ1v) is 10.9. The van der Waals surface area contributed by atoms with E-state index in [1.54, 1.807) is 30.4 Å². The first kappa shape index (κ1) is 23.4. The second-order valence-corrected chi connectivity index (χ2v) is 8.30. The lowest BCUT2D eigenvalue weighted by molar-refractivity contribution is 0.0621. The van der Waals surface area contributed by atoms with Crippen LogP contribution in [-0.2, 0) is 11.2 Å². The van der Waals surface area contributed by atoms with E-state index >= 15 is 0 Å². The molecule has 2 aliphatic heterocycles. The number of carbonyl (C=O) groups excluding carboxylic acids is 2. The lowest BCUT2D eigenvalue weighted by Gasteiger charge is -2.22. The van der Waals surface area contributed by atoms with E-state index in [2.05, 4.69) is 10.6 Å². The van der Waals surface area contributed by atoms with Gasteiger partial charge < -0.3 is 24.8 Å². The number of nitrogens with zero attached hydrogens (tertiary/aromatic N) is 1. The zero-order chi connectivity index (χ0) is 24.1. The van der Waals surface area contributed by atoms with Gasteiger partial charge in [-0.1, -0.05) is 17.7 Å². The number of carbonyl (C=O) groups is 2. The summed E-state index contributed by atoms with van der Waals surface area (Å²) in [7, 11) is 0. The number of alkyl carbamates (subject to hydrolysis) is 1. The predicted octanol–water partition coefficient (Wildman–Crippen LogP) is 3.89. The normalized spacial score (nSPS) is 19.9. The van der Waals surface area contributed by atoms with Crippen molar-refractivity contribution in [3.8, 4) is 17.6 Å². The molecule has 2 N–H and O–H groups in total. The van der Waals surface area contributed by atoms with Gasteiger partial charge in [-0.3, -0.25) is 4.79 Å². The summed E-state index contributed by atoms with van der Waals surface area (Å²) in [5, 5.41) is 14.7. The Labute approximate surface area is 200 Å². The molecule has 2 aromatic carbocycles. The van der Waals surface area contributed by atoms with Crippen molar-refractivity contribution in [2.45, 2.75) is 31.0 Å². The minimum Gasteiger partial charge on any atom is -0.489 e. The van der Waals surface area contributed by atoms with Gasteiger partial charge in [0.2, 0.25) is 0 Å². The van der Waals surface area contributed by atoms with Crippen molar-refractivity contribution in [1.29, 1.82) is 5.26 Å². The smallest absolute Gasteiger partial charge is 0.410 e. The zero-order valence-corrected chi connectivity index (χ0v) is 18.7. The molecule has 0 aromatic heterocycles. The van der Waals surface area contributed by atoms with Crippen LogP contribution in [0.1, 0.15) is 28.8 Å². The number of hydrogen-bond acceptors (Lipinski definition) is 6. The predicted molar refractivity (Wildman–Crippen MR) is 120 cm³/mol. The molecule has 3 aliphatic rings. The second-order valence-electron chi connectivity index (χ2n) is 7.89. The number of hydrogen-bond donors (Lipinski definition) is 2. The molecule has 10 heteroatoms. The van der Waals surface area contributed by atoms with E-state index in [9.17, 15) is 19.2 Å². The van der Waals surface area contributed by atoms with E-state index in [1.165, 1.54) is 12.1 Å². The van der Waals surface area contributed by atoms with E-state index < -0.39 is 29.6 Å². The summed E-state index contributed by atoms with van der Waals surface area (Å²) in [6, 6.07) is 10.6. The molecule has 0 saturated heterocycles. The molecule has 34 heavy (non-hydrogen) atoms. The quantitative estimate of drug-likeness (QED) is 0.624. The summed E-state index contributed by atoms with van der Waals surface area (Å²) < 4.78 is 30.6. The van der Waals surface area contributed by atoms with Crippen molar-refractivity contribution in [2.75, 3.05) is 13.2 Å². The highest BCUT2D eigenvalue weighted by Gasteiger charge is 2.45. The van der Waals surface area contributed by atoms with Gasteiger partial charge in [0.05, 0.1) is 16.7 Å². The number of nitrogens with one attached hydrogen (secondary N) is 2. The number of halogens is 2. The highest BCUT2D eigenvalue weighted by molar-refractivity contribution is 6.32. The van der Waals surface area contributed by atoms with Crippen LogP contribution >= 0.6 is 11.6 Å². The van der Waals surface area contributed by atoms with Crippen molar-refractivity contribution in [2.24, 2.45) is 0 Å². The maximum absolute atomic E-state index is 13.9. The van der Waals surface area contributed by atoms with Crippen LogP contribution in [-0.4, -0.2) is 37.0 Å². The molecule has 2 bridgehead atoms. The van der Waals surface area contributed by atoms with Crippen LogP contribution in [0, 0.1) is 17.1 Å². The summed E-state index contributed by atoms with van der Waals surface area (Å²) in [6.45, 7) is 0.353. The monoisotopic (exact) mass is 485 g/mol. The molecule has 5 rings (SSSR count). The lowest BCUT2D eigenvalue weighted by Crippen LogP contribution is -2.45. The minimum atomic E-state index is -1.14. The molecule has 2 heterocycles. The fourth-order valence-corrected chi connectivity index (χ4v) is 3.57. The van der Waals surface area contributed by atoms with Crippen molar-refractivity contribution < 1.29 is 28.2 Å². The van der Waals surface area contributed by atoms with Crippen molar-refractivity contribution >= 4 is 23.6 Å². The van der Waals surface area contributed by atoms with Crippen LogP contribution in [0.25, 0.3) is 0 Å². The summed E-state index contributed by atoms with van der Waals surface area (Å²) in [5.74, 6) is -0.700. The van der Waals surface area contributed by atoms with E-state index in [-0.39, 0.29) is 30.9 Å². The summed E-state index contributed by atoms with van der Waals surface area (Å²) in [5.41, 5.74) is -0.358. The van der Waals surface area contributed by atoms with E-state index in [0.717, 1.165) is 6.07 Å².